The van der Waals surface area contributed by atoms with E-state index in [0.29, 0.717) is 31.8 Å². The van der Waals surface area contributed by atoms with Crippen LogP contribution in [0.4, 0.5) is 0 Å². The van der Waals surface area contributed by atoms with Crippen LogP contribution < -0.4 is 10.1 Å². The van der Waals surface area contributed by atoms with E-state index in [-0.39, 0.29) is 10.8 Å². The molecule has 2 aromatic rings. The largest absolute Gasteiger partial charge is 0.494 e. The molecule has 0 radical (unpaired) electrons. The van der Waals surface area contributed by atoms with Gasteiger partial charge in [-0.15, -0.1) is 0 Å². The SMILES string of the molecule is CCOc1cccc(CNC(=O)c2cc(S(=O)(=O)N3CCCC3)ccc2C)c1. The highest BCUT2D eigenvalue weighted by molar-refractivity contribution is 7.89. The third-order valence-electron chi connectivity index (χ3n) is 4.82. The van der Waals surface area contributed by atoms with Crippen LogP contribution in [0.2, 0.25) is 0 Å². The fourth-order valence-corrected chi connectivity index (χ4v) is 4.82. The molecule has 1 fully saturated rings. The average Bonchev–Trinajstić information content (AvgIpc) is 3.23. The highest BCUT2D eigenvalue weighted by atomic mass is 32.2. The maximum absolute atomic E-state index is 12.8. The van der Waals surface area contributed by atoms with Crippen LogP contribution in [0.5, 0.6) is 5.75 Å². The third kappa shape index (κ3) is 4.54. The number of nitrogens with one attached hydrogen (secondary N) is 1. The van der Waals surface area contributed by atoms with Gasteiger partial charge in [-0.1, -0.05) is 18.2 Å². The number of aryl methyl sites for hydroxylation is 1. The number of carbonyl (C=O) groups is 1. The number of amides is 1. The summed E-state index contributed by atoms with van der Waals surface area (Å²) in [4.78, 5) is 12.9. The zero-order chi connectivity index (χ0) is 20.1. The molecule has 1 saturated heterocycles. The number of sulfonamides is 1. The molecule has 1 amide bonds. The fourth-order valence-electron chi connectivity index (χ4n) is 3.27. The fraction of sp³-hybridized carbons (Fsp3) is 0.381. The standard InChI is InChI=1S/C21H26N2O4S/c1-3-27-18-8-6-7-17(13-18)15-22-21(24)20-14-19(10-9-16(20)2)28(25,26)23-11-4-5-12-23/h6-10,13-14H,3-5,11-12,15H2,1-2H3,(H,22,24). The van der Waals surface area contributed by atoms with E-state index in [2.05, 4.69) is 5.32 Å². The minimum absolute atomic E-state index is 0.170. The molecule has 0 spiro atoms. The monoisotopic (exact) mass is 402 g/mol. The molecule has 0 aromatic heterocycles. The number of carbonyl (C=O) groups excluding carboxylic acids is 1. The summed E-state index contributed by atoms with van der Waals surface area (Å²) in [7, 11) is -3.55. The Morgan fingerprint density at radius 1 is 1.14 bits per heavy atom. The van der Waals surface area contributed by atoms with E-state index in [9.17, 15) is 13.2 Å². The van der Waals surface area contributed by atoms with E-state index in [1.165, 1.54) is 10.4 Å². The van der Waals surface area contributed by atoms with Crippen molar-refractivity contribution in [2.45, 2.75) is 38.1 Å². The van der Waals surface area contributed by atoms with E-state index in [1.807, 2.05) is 31.2 Å². The second kappa shape index (κ2) is 8.75. The summed E-state index contributed by atoms with van der Waals surface area (Å²) in [6.07, 6.45) is 1.75. The van der Waals surface area contributed by atoms with Crippen molar-refractivity contribution in [3.63, 3.8) is 0 Å². The summed E-state index contributed by atoms with van der Waals surface area (Å²) in [6, 6.07) is 12.3. The van der Waals surface area contributed by atoms with Crippen molar-refractivity contribution in [1.82, 2.24) is 9.62 Å². The van der Waals surface area contributed by atoms with Gasteiger partial charge in [0.25, 0.3) is 5.91 Å². The van der Waals surface area contributed by atoms with Gasteiger partial charge < -0.3 is 10.1 Å². The number of hydrogen-bond donors (Lipinski definition) is 1. The first-order valence-corrected chi connectivity index (χ1v) is 11.0. The van der Waals surface area contributed by atoms with Crippen LogP contribution >= 0.6 is 0 Å². The lowest BCUT2D eigenvalue weighted by molar-refractivity contribution is 0.0950. The van der Waals surface area contributed by atoms with Crippen LogP contribution in [0.3, 0.4) is 0 Å². The topological polar surface area (TPSA) is 75.7 Å². The van der Waals surface area contributed by atoms with Gasteiger partial charge in [-0.3, -0.25) is 4.79 Å². The van der Waals surface area contributed by atoms with E-state index in [1.54, 1.807) is 19.1 Å². The summed E-state index contributed by atoms with van der Waals surface area (Å²) in [5, 5.41) is 2.87. The van der Waals surface area contributed by atoms with E-state index >= 15 is 0 Å². The van der Waals surface area contributed by atoms with Gasteiger partial charge in [0.05, 0.1) is 11.5 Å². The van der Waals surface area contributed by atoms with Gasteiger partial charge in [0.2, 0.25) is 10.0 Å². The number of nitrogens with zero attached hydrogens (tertiary/aromatic N) is 1. The minimum Gasteiger partial charge on any atom is -0.494 e. The molecule has 0 aliphatic carbocycles. The Kier molecular flexibility index (Phi) is 6.36. The molecule has 1 N–H and O–H groups in total. The molecule has 150 valence electrons. The van der Waals surface area contributed by atoms with Crippen LogP contribution in [0.1, 0.15) is 41.3 Å². The van der Waals surface area contributed by atoms with Crippen LogP contribution in [0.25, 0.3) is 0 Å². The summed E-state index contributed by atoms with van der Waals surface area (Å²) in [6.45, 7) is 5.70. The van der Waals surface area contributed by atoms with Gasteiger partial charge >= 0.3 is 0 Å². The third-order valence-corrected chi connectivity index (χ3v) is 6.71. The minimum atomic E-state index is -3.55. The predicted octanol–water partition coefficient (Wildman–Crippen LogP) is 3.11. The van der Waals surface area contributed by atoms with Crippen molar-refractivity contribution in [3.05, 3.63) is 59.2 Å². The molecular weight excluding hydrogens is 376 g/mol. The normalized spacial score (nSPS) is 14.8. The molecule has 0 saturated carbocycles. The maximum atomic E-state index is 12.8. The molecule has 28 heavy (non-hydrogen) atoms. The number of benzene rings is 2. The molecule has 0 unspecified atom stereocenters. The van der Waals surface area contributed by atoms with Crippen molar-refractivity contribution in [3.8, 4) is 5.75 Å². The maximum Gasteiger partial charge on any atom is 0.251 e. The van der Waals surface area contributed by atoms with Gasteiger partial charge in [-0.25, -0.2) is 8.42 Å². The first-order chi connectivity index (χ1) is 13.4. The van der Waals surface area contributed by atoms with E-state index in [0.717, 1.165) is 29.7 Å². The van der Waals surface area contributed by atoms with Crippen molar-refractivity contribution < 1.29 is 17.9 Å². The van der Waals surface area contributed by atoms with E-state index in [4.69, 9.17) is 4.74 Å². The Bertz CT molecular complexity index is 951. The molecule has 0 bridgehead atoms. The molecule has 1 heterocycles. The lowest BCUT2D eigenvalue weighted by Gasteiger charge is -2.17. The first-order valence-electron chi connectivity index (χ1n) is 9.52. The number of rotatable bonds is 7. The van der Waals surface area contributed by atoms with Crippen LogP contribution in [-0.2, 0) is 16.6 Å². The number of hydrogen-bond acceptors (Lipinski definition) is 4. The smallest absolute Gasteiger partial charge is 0.251 e. The zero-order valence-electron chi connectivity index (χ0n) is 16.3. The molecular formula is C21H26N2O4S. The summed E-state index contributed by atoms with van der Waals surface area (Å²) in [5.41, 5.74) is 2.03. The summed E-state index contributed by atoms with van der Waals surface area (Å²) in [5.74, 6) is 0.460. The number of ether oxygens (including phenoxy) is 1. The van der Waals surface area contributed by atoms with Gasteiger partial charge in [0, 0.05) is 25.2 Å². The molecule has 1 aliphatic heterocycles. The highest BCUT2D eigenvalue weighted by Crippen LogP contribution is 2.23. The van der Waals surface area contributed by atoms with Gasteiger partial charge in [0.1, 0.15) is 5.75 Å². The lowest BCUT2D eigenvalue weighted by atomic mass is 10.1. The highest BCUT2D eigenvalue weighted by Gasteiger charge is 2.28. The molecule has 0 atom stereocenters. The second-order valence-corrected chi connectivity index (χ2v) is 8.79. The average molecular weight is 403 g/mol. The van der Waals surface area contributed by atoms with Crippen molar-refractivity contribution in [1.29, 1.82) is 0 Å². The quantitative estimate of drug-likeness (QED) is 0.772. The summed E-state index contributed by atoms with van der Waals surface area (Å²) >= 11 is 0. The Hall–Kier alpha value is -2.38. The van der Waals surface area contributed by atoms with Gasteiger partial charge in [0.15, 0.2) is 0 Å². The zero-order valence-corrected chi connectivity index (χ0v) is 17.1. The van der Waals surface area contributed by atoms with Crippen molar-refractivity contribution in [2.75, 3.05) is 19.7 Å². The first kappa shape index (κ1) is 20.4. The Balaban J connectivity index is 1.75. The molecule has 6 nitrogen and oxygen atoms in total. The lowest BCUT2D eigenvalue weighted by Crippen LogP contribution is -2.29. The molecule has 3 rings (SSSR count). The van der Waals surface area contributed by atoms with Crippen molar-refractivity contribution >= 4 is 15.9 Å². The Morgan fingerprint density at radius 3 is 2.61 bits per heavy atom. The van der Waals surface area contributed by atoms with Crippen LogP contribution in [-0.4, -0.2) is 38.3 Å². The van der Waals surface area contributed by atoms with Crippen LogP contribution in [0, 0.1) is 6.92 Å². The molecule has 1 aliphatic rings. The Labute approximate surface area is 166 Å². The predicted molar refractivity (Wildman–Crippen MR) is 108 cm³/mol. The summed E-state index contributed by atoms with van der Waals surface area (Å²) < 4.78 is 32.5. The van der Waals surface area contributed by atoms with Gasteiger partial charge in [-0.2, -0.15) is 4.31 Å². The van der Waals surface area contributed by atoms with E-state index < -0.39 is 10.0 Å². The molecule has 2 aromatic carbocycles. The van der Waals surface area contributed by atoms with Gasteiger partial charge in [-0.05, 0) is 62.1 Å². The van der Waals surface area contributed by atoms with Crippen molar-refractivity contribution in [2.24, 2.45) is 0 Å². The Morgan fingerprint density at radius 2 is 1.89 bits per heavy atom. The second-order valence-electron chi connectivity index (χ2n) is 6.85. The molecule has 7 heteroatoms. The van der Waals surface area contributed by atoms with Crippen LogP contribution in [0.15, 0.2) is 47.4 Å².